The summed E-state index contributed by atoms with van der Waals surface area (Å²) in [7, 11) is 1.60. The number of nitrogens with one attached hydrogen (secondary N) is 1. The number of thiocarbonyl (C=S) groups is 1. The van der Waals surface area contributed by atoms with E-state index in [1.165, 1.54) is 4.90 Å². The summed E-state index contributed by atoms with van der Waals surface area (Å²) >= 11 is 8.68. The molecular weight excluding hydrogens is 376 g/mol. The van der Waals surface area contributed by atoms with E-state index in [4.69, 9.17) is 17.0 Å². The van der Waals surface area contributed by atoms with Gasteiger partial charge in [0.1, 0.15) is 11.4 Å². The summed E-state index contributed by atoms with van der Waals surface area (Å²) in [5.41, 5.74) is 1.95. The minimum absolute atomic E-state index is 0.191. The van der Waals surface area contributed by atoms with Gasteiger partial charge in [-0.25, -0.2) is 0 Å². The highest BCUT2D eigenvalue weighted by Gasteiger charge is 2.32. The van der Waals surface area contributed by atoms with E-state index >= 15 is 0 Å². The van der Waals surface area contributed by atoms with Crippen LogP contribution in [0.4, 0.5) is 5.69 Å². The van der Waals surface area contributed by atoms with Crippen molar-refractivity contribution in [3.8, 4) is 5.75 Å². The molecule has 6 heteroatoms. The van der Waals surface area contributed by atoms with Crippen LogP contribution in [0, 0.1) is 0 Å². The molecule has 1 fully saturated rings. The quantitative estimate of drug-likeness (QED) is 0.642. The predicted molar refractivity (Wildman–Crippen MR) is 98.3 cm³/mol. The smallest absolute Gasteiger partial charge is 0.281 e. The highest BCUT2D eigenvalue weighted by Crippen LogP contribution is 2.26. The topological polar surface area (TPSA) is 41.6 Å². The fraction of sp³-hybridized carbons (Fsp3) is 0.0588. The van der Waals surface area contributed by atoms with Crippen molar-refractivity contribution in [3.63, 3.8) is 0 Å². The summed E-state index contributed by atoms with van der Waals surface area (Å²) in [5, 5.41) is 3.33. The molecule has 1 heterocycles. The molecule has 0 unspecified atom stereocenters. The number of methoxy groups -OCH3 is 1. The Morgan fingerprint density at radius 1 is 1.17 bits per heavy atom. The van der Waals surface area contributed by atoms with E-state index in [0.717, 1.165) is 15.7 Å². The van der Waals surface area contributed by atoms with Gasteiger partial charge in [-0.05, 0) is 48.6 Å². The molecule has 0 radical (unpaired) electrons. The number of ether oxygens (including phenoxy) is 1. The molecule has 1 saturated heterocycles. The van der Waals surface area contributed by atoms with Crippen molar-refractivity contribution in [2.24, 2.45) is 0 Å². The van der Waals surface area contributed by atoms with Crippen LogP contribution in [0.15, 0.2) is 58.7 Å². The molecule has 0 atom stereocenters. The summed E-state index contributed by atoms with van der Waals surface area (Å²) in [6, 6.07) is 14.9. The maximum absolute atomic E-state index is 12.7. The first-order chi connectivity index (χ1) is 11.1. The zero-order chi connectivity index (χ0) is 16.4. The molecule has 116 valence electrons. The second-order valence-electron chi connectivity index (χ2n) is 4.85. The first-order valence-corrected chi connectivity index (χ1v) is 8.06. The van der Waals surface area contributed by atoms with Crippen molar-refractivity contribution in [3.05, 3.63) is 64.3 Å². The summed E-state index contributed by atoms with van der Waals surface area (Å²) in [4.78, 5) is 14.1. The average Bonchev–Trinajstić information content (AvgIpc) is 2.83. The number of para-hydroxylation sites is 1. The maximum Gasteiger partial charge on any atom is 0.281 e. The summed E-state index contributed by atoms with van der Waals surface area (Å²) in [5.74, 6) is 0.505. The Balaban J connectivity index is 1.95. The van der Waals surface area contributed by atoms with Crippen molar-refractivity contribution in [2.45, 2.75) is 0 Å². The lowest BCUT2D eigenvalue weighted by molar-refractivity contribution is -0.113. The van der Waals surface area contributed by atoms with Gasteiger partial charge in [0.05, 0.1) is 12.8 Å². The van der Waals surface area contributed by atoms with Crippen molar-refractivity contribution in [1.29, 1.82) is 0 Å². The molecule has 1 aliphatic heterocycles. The van der Waals surface area contributed by atoms with Crippen LogP contribution < -0.4 is 15.0 Å². The van der Waals surface area contributed by atoms with Crippen LogP contribution in [0.2, 0.25) is 0 Å². The molecule has 0 saturated carbocycles. The Bertz CT molecular complexity index is 802. The van der Waals surface area contributed by atoms with Crippen LogP contribution in [0.3, 0.4) is 0 Å². The largest absolute Gasteiger partial charge is 0.496 e. The number of hydrogen-bond acceptors (Lipinski definition) is 3. The molecule has 1 aliphatic rings. The highest BCUT2D eigenvalue weighted by molar-refractivity contribution is 9.10. The third kappa shape index (κ3) is 3.13. The van der Waals surface area contributed by atoms with Gasteiger partial charge < -0.3 is 10.1 Å². The van der Waals surface area contributed by atoms with Gasteiger partial charge in [-0.3, -0.25) is 9.69 Å². The Morgan fingerprint density at radius 3 is 2.57 bits per heavy atom. The molecule has 0 spiro atoms. The standard InChI is InChI=1S/C17H13BrN2O2S/c1-22-15-5-3-2-4-11(15)10-14-16(21)20(17(23)19-14)13-8-6-12(18)7-9-13/h2-10H,1H3,(H,19,23)/b14-10-. The third-order valence-corrected chi connectivity index (χ3v) is 4.22. The molecule has 0 bridgehead atoms. The Hall–Kier alpha value is -2.18. The van der Waals surface area contributed by atoms with Crippen molar-refractivity contribution < 1.29 is 9.53 Å². The summed E-state index contributed by atoms with van der Waals surface area (Å²) in [6.07, 6.45) is 1.74. The highest BCUT2D eigenvalue weighted by atomic mass is 79.9. The number of anilines is 1. The number of rotatable bonds is 3. The van der Waals surface area contributed by atoms with Crippen LogP contribution in [-0.4, -0.2) is 18.1 Å². The van der Waals surface area contributed by atoms with Crippen molar-refractivity contribution in [1.82, 2.24) is 5.32 Å². The first kappa shape index (κ1) is 15.7. The first-order valence-electron chi connectivity index (χ1n) is 6.86. The van der Waals surface area contributed by atoms with E-state index in [9.17, 15) is 4.79 Å². The molecule has 0 aliphatic carbocycles. The van der Waals surface area contributed by atoms with Gasteiger partial charge in [-0.1, -0.05) is 34.1 Å². The van der Waals surface area contributed by atoms with Gasteiger partial charge in [-0.15, -0.1) is 0 Å². The van der Waals surface area contributed by atoms with Gasteiger partial charge in [0, 0.05) is 10.0 Å². The van der Waals surface area contributed by atoms with Gasteiger partial charge in [-0.2, -0.15) is 0 Å². The lowest BCUT2D eigenvalue weighted by Gasteiger charge is -2.13. The number of hydrogen-bond donors (Lipinski definition) is 1. The summed E-state index contributed by atoms with van der Waals surface area (Å²) in [6.45, 7) is 0. The van der Waals surface area contributed by atoms with Gasteiger partial charge in [0.15, 0.2) is 5.11 Å². The number of carbonyl (C=O) groups excluding carboxylic acids is 1. The van der Waals surface area contributed by atoms with E-state index in [-0.39, 0.29) is 5.91 Å². The monoisotopic (exact) mass is 388 g/mol. The predicted octanol–water partition coefficient (Wildman–Crippen LogP) is 3.72. The number of nitrogens with zero attached hydrogens (tertiary/aromatic N) is 1. The molecule has 1 N–H and O–H groups in total. The molecule has 2 aromatic rings. The van der Waals surface area contributed by atoms with Crippen LogP contribution in [0.5, 0.6) is 5.75 Å². The van der Waals surface area contributed by atoms with Crippen LogP contribution in [0.25, 0.3) is 6.08 Å². The Morgan fingerprint density at radius 2 is 1.87 bits per heavy atom. The van der Waals surface area contributed by atoms with Crippen LogP contribution in [-0.2, 0) is 4.79 Å². The van der Waals surface area contributed by atoms with E-state index in [0.29, 0.717) is 16.6 Å². The molecule has 0 aromatic heterocycles. The molecule has 2 aromatic carbocycles. The van der Waals surface area contributed by atoms with E-state index in [1.54, 1.807) is 13.2 Å². The molecule has 3 rings (SSSR count). The number of benzene rings is 2. The summed E-state index contributed by atoms with van der Waals surface area (Å²) < 4.78 is 6.25. The van der Waals surface area contributed by atoms with Gasteiger partial charge in [0.25, 0.3) is 5.91 Å². The minimum Gasteiger partial charge on any atom is -0.496 e. The van der Waals surface area contributed by atoms with Crippen LogP contribution in [0.1, 0.15) is 5.56 Å². The second-order valence-corrected chi connectivity index (χ2v) is 6.15. The molecule has 4 nitrogen and oxygen atoms in total. The number of amides is 1. The fourth-order valence-electron chi connectivity index (χ4n) is 2.30. The lowest BCUT2D eigenvalue weighted by Crippen LogP contribution is -2.30. The Kier molecular flexibility index (Phi) is 4.45. The SMILES string of the molecule is COc1ccccc1/C=C1\NC(=S)N(c2ccc(Br)cc2)C1=O. The zero-order valence-electron chi connectivity index (χ0n) is 12.2. The van der Waals surface area contributed by atoms with Crippen molar-refractivity contribution >= 4 is 50.9 Å². The number of carbonyl (C=O) groups is 1. The lowest BCUT2D eigenvalue weighted by atomic mass is 10.1. The van der Waals surface area contributed by atoms with E-state index in [2.05, 4.69) is 21.2 Å². The molecular formula is C17H13BrN2O2S. The fourth-order valence-corrected chi connectivity index (χ4v) is 2.86. The molecule has 23 heavy (non-hydrogen) atoms. The zero-order valence-corrected chi connectivity index (χ0v) is 14.6. The van der Waals surface area contributed by atoms with E-state index in [1.807, 2.05) is 48.5 Å². The Labute approximate surface area is 147 Å². The molecule has 1 amide bonds. The normalized spacial score (nSPS) is 15.9. The van der Waals surface area contributed by atoms with E-state index < -0.39 is 0 Å². The average molecular weight is 389 g/mol. The van der Waals surface area contributed by atoms with Gasteiger partial charge in [0.2, 0.25) is 0 Å². The third-order valence-electron chi connectivity index (χ3n) is 3.40. The van der Waals surface area contributed by atoms with Gasteiger partial charge >= 0.3 is 0 Å². The van der Waals surface area contributed by atoms with Crippen LogP contribution >= 0.6 is 28.1 Å². The maximum atomic E-state index is 12.7. The second kappa shape index (κ2) is 6.52. The minimum atomic E-state index is -0.191. The van der Waals surface area contributed by atoms with Crippen molar-refractivity contribution in [2.75, 3.05) is 12.0 Å². The number of halogens is 1.